The molecule has 2 rings (SSSR count). The number of hydrogen-bond donors (Lipinski definition) is 1. The number of hydrogen-bond acceptors (Lipinski definition) is 5. The van der Waals surface area contributed by atoms with Crippen molar-refractivity contribution >= 4 is 36.6 Å². The SMILES string of the molecule is COC(=O)c1c[nH]c2ccc(S(=O)(=O)Cl)cc2c1=O. The minimum absolute atomic E-state index is 0.0459. The van der Waals surface area contributed by atoms with Crippen LogP contribution in [0.15, 0.2) is 34.1 Å². The van der Waals surface area contributed by atoms with Crippen LogP contribution in [0.4, 0.5) is 0 Å². The zero-order valence-electron chi connectivity index (χ0n) is 9.64. The summed E-state index contributed by atoms with van der Waals surface area (Å²) in [6, 6.07) is 3.77. The zero-order valence-corrected chi connectivity index (χ0v) is 11.2. The van der Waals surface area contributed by atoms with Gasteiger partial charge in [0.1, 0.15) is 5.56 Å². The summed E-state index contributed by atoms with van der Waals surface area (Å²) in [4.78, 5) is 25.9. The highest BCUT2D eigenvalue weighted by Gasteiger charge is 2.16. The van der Waals surface area contributed by atoms with Gasteiger partial charge in [-0.15, -0.1) is 0 Å². The molecule has 1 heterocycles. The number of halogens is 1. The quantitative estimate of drug-likeness (QED) is 0.665. The molecule has 0 fully saturated rings. The van der Waals surface area contributed by atoms with Gasteiger partial charge in [-0.05, 0) is 18.2 Å². The summed E-state index contributed by atoms with van der Waals surface area (Å²) in [6.07, 6.45) is 1.21. The Balaban J connectivity index is 2.81. The Morgan fingerprint density at radius 3 is 2.63 bits per heavy atom. The number of H-pyrrole nitrogens is 1. The molecule has 100 valence electrons. The van der Waals surface area contributed by atoms with Gasteiger partial charge in [-0.1, -0.05) is 0 Å². The van der Waals surface area contributed by atoms with Crippen molar-refractivity contribution in [2.24, 2.45) is 0 Å². The molecule has 6 nitrogen and oxygen atoms in total. The summed E-state index contributed by atoms with van der Waals surface area (Å²) in [7, 11) is 2.41. The van der Waals surface area contributed by atoms with Gasteiger partial charge in [0.15, 0.2) is 0 Å². The summed E-state index contributed by atoms with van der Waals surface area (Å²) >= 11 is 0. The third kappa shape index (κ3) is 2.47. The first-order valence-corrected chi connectivity index (χ1v) is 7.34. The molecular formula is C11H8ClNO5S. The smallest absolute Gasteiger partial charge is 0.343 e. The monoisotopic (exact) mass is 301 g/mol. The van der Waals surface area contributed by atoms with Gasteiger partial charge < -0.3 is 9.72 Å². The van der Waals surface area contributed by atoms with E-state index in [0.29, 0.717) is 5.52 Å². The average molecular weight is 302 g/mol. The number of esters is 1. The molecule has 0 unspecified atom stereocenters. The Kier molecular flexibility index (Phi) is 3.34. The number of ether oxygens (including phenoxy) is 1. The fraction of sp³-hybridized carbons (Fsp3) is 0.0909. The van der Waals surface area contributed by atoms with Gasteiger partial charge in [0, 0.05) is 27.8 Å². The van der Waals surface area contributed by atoms with Gasteiger partial charge in [-0.25, -0.2) is 13.2 Å². The Hall–Kier alpha value is -1.86. The Morgan fingerprint density at radius 2 is 2.05 bits per heavy atom. The number of aromatic amines is 1. The van der Waals surface area contributed by atoms with Crippen LogP contribution in [0.3, 0.4) is 0 Å². The second-order valence-corrected chi connectivity index (χ2v) is 6.23. The number of fused-ring (bicyclic) bond motifs is 1. The van der Waals surface area contributed by atoms with Crippen molar-refractivity contribution in [1.82, 2.24) is 4.98 Å². The lowest BCUT2D eigenvalue weighted by Gasteiger charge is -2.03. The lowest BCUT2D eigenvalue weighted by Crippen LogP contribution is -2.17. The van der Waals surface area contributed by atoms with Crippen LogP contribution >= 0.6 is 10.7 Å². The van der Waals surface area contributed by atoms with E-state index < -0.39 is 20.4 Å². The Morgan fingerprint density at radius 1 is 1.37 bits per heavy atom. The number of nitrogens with one attached hydrogen (secondary N) is 1. The number of carbonyl (C=O) groups excluding carboxylic acids is 1. The predicted octanol–water partition coefficient (Wildman–Crippen LogP) is 1.24. The number of methoxy groups -OCH3 is 1. The van der Waals surface area contributed by atoms with Gasteiger partial charge >= 0.3 is 5.97 Å². The molecule has 0 bridgehead atoms. The highest BCUT2D eigenvalue weighted by atomic mass is 35.7. The number of aromatic nitrogens is 1. The fourth-order valence-corrected chi connectivity index (χ4v) is 2.39. The van der Waals surface area contributed by atoms with Gasteiger partial charge in [0.25, 0.3) is 9.05 Å². The fourth-order valence-electron chi connectivity index (χ4n) is 1.61. The minimum Gasteiger partial charge on any atom is -0.465 e. The standard InChI is InChI=1S/C11H8ClNO5S/c1-18-11(15)8-5-13-9-3-2-6(19(12,16)17)4-7(9)10(8)14/h2-5H,1H3,(H,13,14). The molecule has 0 amide bonds. The molecule has 0 saturated heterocycles. The summed E-state index contributed by atoms with van der Waals surface area (Å²) < 4.78 is 26.9. The van der Waals surface area contributed by atoms with E-state index in [0.717, 1.165) is 13.2 Å². The first-order chi connectivity index (χ1) is 8.84. The van der Waals surface area contributed by atoms with Gasteiger partial charge in [0.05, 0.1) is 12.0 Å². The lowest BCUT2D eigenvalue weighted by molar-refractivity contribution is 0.0599. The number of pyridine rings is 1. The summed E-state index contributed by atoms with van der Waals surface area (Å²) in [6.45, 7) is 0. The van der Waals surface area contributed by atoms with Crippen LogP contribution in [0.2, 0.25) is 0 Å². The number of carbonyl (C=O) groups is 1. The molecule has 0 radical (unpaired) electrons. The molecule has 0 aliphatic carbocycles. The normalized spacial score (nSPS) is 11.5. The molecule has 0 aliphatic heterocycles. The number of rotatable bonds is 2. The van der Waals surface area contributed by atoms with Crippen LogP contribution in [0, 0.1) is 0 Å². The first kappa shape index (κ1) is 13.6. The van der Waals surface area contributed by atoms with Gasteiger partial charge in [0.2, 0.25) is 5.43 Å². The minimum atomic E-state index is -3.95. The van der Waals surface area contributed by atoms with Gasteiger partial charge in [-0.2, -0.15) is 0 Å². The van der Waals surface area contributed by atoms with Crippen molar-refractivity contribution in [2.45, 2.75) is 4.90 Å². The lowest BCUT2D eigenvalue weighted by atomic mass is 10.1. The van der Waals surface area contributed by atoms with Crippen LogP contribution in [0.25, 0.3) is 10.9 Å². The maximum Gasteiger partial charge on any atom is 0.343 e. The third-order valence-corrected chi connectivity index (χ3v) is 3.89. The van der Waals surface area contributed by atoms with Crippen LogP contribution in [0.1, 0.15) is 10.4 Å². The summed E-state index contributed by atoms with van der Waals surface area (Å²) in [5.74, 6) is -0.803. The highest BCUT2D eigenvalue weighted by molar-refractivity contribution is 8.13. The van der Waals surface area contributed by atoms with E-state index in [1.807, 2.05) is 0 Å². The first-order valence-electron chi connectivity index (χ1n) is 5.03. The van der Waals surface area contributed by atoms with E-state index in [1.54, 1.807) is 0 Å². The van der Waals surface area contributed by atoms with Crippen LogP contribution in [-0.4, -0.2) is 26.5 Å². The molecule has 0 aliphatic rings. The van der Waals surface area contributed by atoms with E-state index in [4.69, 9.17) is 10.7 Å². The molecule has 2 aromatic rings. The second kappa shape index (κ2) is 4.67. The predicted molar refractivity (Wildman–Crippen MR) is 68.9 cm³/mol. The summed E-state index contributed by atoms with van der Waals surface area (Å²) in [5.41, 5.74) is -0.441. The average Bonchev–Trinajstić information content (AvgIpc) is 2.37. The van der Waals surface area contributed by atoms with Crippen LogP contribution in [0.5, 0.6) is 0 Å². The molecule has 0 atom stereocenters. The van der Waals surface area contributed by atoms with Crippen molar-refractivity contribution in [3.05, 3.63) is 40.2 Å². The van der Waals surface area contributed by atoms with Crippen molar-refractivity contribution in [3.8, 4) is 0 Å². The molecule has 19 heavy (non-hydrogen) atoms. The van der Waals surface area contributed by atoms with E-state index in [1.165, 1.54) is 18.3 Å². The Labute approximate surface area is 112 Å². The van der Waals surface area contributed by atoms with E-state index >= 15 is 0 Å². The van der Waals surface area contributed by atoms with Crippen molar-refractivity contribution in [1.29, 1.82) is 0 Å². The van der Waals surface area contributed by atoms with Crippen molar-refractivity contribution in [2.75, 3.05) is 7.11 Å². The molecule has 1 aromatic heterocycles. The second-order valence-electron chi connectivity index (χ2n) is 3.67. The zero-order chi connectivity index (χ0) is 14.2. The maximum absolute atomic E-state index is 12.0. The largest absolute Gasteiger partial charge is 0.465 e. The van der Waals surface area contributed by atoms with Crippen molar-refractivity contribution < 1.29 is 17.9 Å². The molecular weight excluding hydrogens is 294 g/mol. The van der Waals surface area contributed by atoms with Gasteiger partial charge in [-0.3, -0.25) is 4.79 Å². The molecule has 0 spiro atoms. The molecule has 1 N–H and O–H groups in total. The highest BCUT2D eigenvalue weighted by Crippen LogP contribution is 2.18. The molecule has 0 saturated carbocycles. The molecule has 1 aromatic carbocycles. The van der Waals surface area contributed by atoms with E-state index in [-0.39, 0.29) is 15.8 Å². The maximum atomic E-state index is 12.0. The third-order valence-electron chi connectivity index (χ3n) is 2.54. The Bertz CT molecular complexity index is 825. The topological polar surface area (TPSA) is 93.3 Å². The summed E-state index contributed by atoms with van der Waals surface area (Å²) in [5, 5.41) is 0.0459. The van der Waals surface area contributed by atoms with Crippen molar-refractivity contribution in [3.63, 3.8) is 0 Å². The van der Waals surface area contributed by atoms with E-state index in [2.05, 4.69) is 9.72 Å². The number of benzene rings is 1. The van der Waals surface area contributed by atoms with Crippen LogP contribution < -0.4 is 5.43 Å². The van der Waals surface area contributed by atoms with Crippen LogP contribution in [-0.2, 0) is 13.8 Å². The molecule has 8 heteroatoms. The van der Waals surface area contributed by atoms with E-state index in [9.17, 15) is 18.0 Å².